The lowest BCUT2D eigenvalue weighted by Gasteiger charge is -2.30. The van der Waals surface area contributed by atoms with Gasteiger partial charge in [-0.2, -0.15) is 33.7 Å². The number of nitrogens with zero attached hydrogens (tertiary/aromatic N) is 2. The molecule has 0 aliphatic carbocycles. The molecule has 0 aliphatic rings. The molecule has 3 aromatic rings. The largest absolute Gasteiger partial charge is 0.305 e. The Kier molecular flexibility index (Phi) is 17.3. The Morgan fingerprint density at radius 1 is 0.509 bits per heavy atom. The zero-order valence-electron chi connectivity index (χ0n) is 33.0. The SMILES string of the molecule is COS(=O)(=O)CCN(CCS(=O)(=O)OC)Cc1c(C)c(CN(CCS(=O)(=O)OC)CCS(=O)(=O)OC)c(C)c(C(=O)P(=O)(c2ccccc2)c2ccccc2)c1C. The Hall–Kier alpha value is -2.88. The molecule has 0 radical (unpaired) electrons. The molecular formula is C36H51N2O14PS4. The topological polar surface area (TPSA) is 214 Å². The smallest absolute Gasteiger partial charge is 0.268 e. The van der Waals surface area contributed by atoms with Crippen molar-refractivity contribution in [1.82, 2.24) is 9.80 Å². The molecule has 57 heavy (non-hydrogen) atoms. The summed E-state index contributed by atoms with van der Waals surface area (Å²) in [4.78, 5) is 18.3. The fourth-order valence-electron chi connectivity index (χ4n) is 6.22. The minimum Gasteiger partial charge on any atom is -0.305 e. The van der Waals surface area contributed by atoms with Crippen molar-refractivity contribution in [3.05, 3.63) is 94.0 Å². The van der Waals surface area contributed by atoms with Crippen LogP contribution in [0.15, 0.2) is 60.7 Å². The first-order valence-electron chi connectivity index (χ1n) is 17.5. The molecule has 0 saturated carbocycles. The fraction of sp³-hybridized carbons (Fsp3) is 0.472. The van der Waals surface area contributed by atoms with Gasteiger partial charge in [0, 0.05) is 55.4 Å². The minimum atomic E-state index is -4.12. The van der Waals surface area contributed by atoms with Gasteiger partial charge < -0.3 is 4.57 Å². The summed E-state index contributed by atoms with van der Waals surface area (Å²) in [5, 5.41) is 0.548. The van der Waals surface area contributed by atoms with E-state index in [9.17, 15) is 33.7 Å². The lowest BCUT2D eigenvalue weighted by atomic mass is 9.88. The van der Waals surface area contributed by atoms with Crippen LogP contribution in [-0.2, 0) is 74.9 Å². The normalized spacial score (nSPS) is 13.1. The summed E-state index contributed by atoms with van der Waals surface area (Å²) >= 11 is 0. The van der Waals surface area contributed by atoms with Crippen molar-refractivity contribution in [3.63, 3.8) is 0 Å². The van der Waals surface area contributed by atoms with Crippen LogP contribution in [0.3, 0.4) is 0 Å². The zero-order chi connectivity index (χ0) is 42.8. The van der Waals surface area contributed by atoms with E-state index >= 15 is 9.36 Å². The van der Waals surface area contributed by atoms with Crippen molar-refractivity contribution in [2.24, 2.45) is 0 Å². The molecule has 21 heteroatoms. The van der Waals surface area contributed by atoms with E-state index in [-0.39, 0.29) is 55.4 Å². The molecule has 0 fully saturated rings. The van der Waals surface area contributed by atoms with E-state index in [0.29, 0.717) is 27.8 Å². The quantitative estimate of drug-likeness (QED) is 0.0932. The van der Waals surface area contributed by atoms with E-state index in [1.165, 1.54) is 0 Å². The van der Waals surface area contributed by atoms with Crippen molar-refractivity contribution in [2.75, 3.05) is 77.6 Å². The molecule has 318 valence electrons. The number of hydrogen-bond acceptors (Lipinski definition) is 16. The minimum absolute atomic E-state index is 0.0876. The van der Waals surface area contributed by atoms with Gasteiger partial charge in [-0.3, -0.25) is 31.3 Å². The number of carbonyl (C=O) groups is 1. The average Bonchev–Trinajstić information content (AvgIpc) is 3.19. The van der Waals surface area contributed by atoms with Crippen LogP contribution < -0.4 is 10.6 Å². The van der Waals surface area contributed by atoms with Gasteiger partial charge in [-0.05, 0) is 48.6 Å². The van der Waals surface area contributed by atoms with Gasteiger partial charge in [-0.1, -0.05) is 60.7 Å². The molecule has 0 spiro atoms. The van der Waals surface area contributed by atoms with Gasteiger partial charge in [-0.25, -0.2) is 0 Å². The maximum absolute atomic E-state index is 15.5. The van der Waals surface area contributed by atoms with Crippen LogP contribution in [0.1, 0.15) is 38.2 Å². The average molecular weight is 895 g/mol. The first-order valence-corrected chi connectivity index (χ1v) is 25.5. The van der Waals surface area contributed by atoms with Crippen molar-refractivity contribution in [3.8, 4) is 0 Å². The van der Waals surface area contributed by atoms with Crippen molar-refractivity contribution >= 4 is 63.7 Å². The molecule has 0 bridgehead atoms. The van der Waals surface area contributed by atoms with E-state index in [0.717, 1.165) is 28.4 Å². The summed E-state index contributed by atoms with van der Waals surface area (Å²) in [6, 6.07) is 16.6. The van der Waals surface area contributed by atoms with E-state index in [1.54, 1.807) is 91.2 Å². The van der Waals surface area contributed by atoms with Crippen molar-refractivity contribution in [1.29, 1.82) is 0 Å². The van der Waals surface area contributed by atoms with Gasteiger partial charge in [0.1, 0.15) is 0 Å². The molecular weight excluding hydrogens is 844 g/mol. The third-order valence-corrected chi connectivity index (χ3v) is 17.3. The monoisotopic (exact) mass is 894 g/mol. The van der Waals surface area contributed by atoms with E-state index < -0.39 is 76.2 Å². The third-order valence-electron chi connectivity index (χ3n) is 9.71. The van der Waals surface area contributed by atoms with E-state index in [4.69, 9.17) is 0 Å². The fourth-order valence-corrected chi connectivity index (χ4v) is 11.4. The van der Waals surface area contributed by atoms with Crippen LogP contribution in [-0.4, -0.2) is 127 Å². The second-order valence-electron chi connectivity index (χ2n) is 13.1. The Labute approximate surface area is 337 Å². The van der Waals surface area contributed by atoms with Gasteiger partial charge in [0.05, 0.1) is 51.5 Å². The summed E-state index contributed by atoms with van der Waals surface area (Å²) < 4.78 is 133. The second kappa shape index (κ2) is 20.4. The molecule has 3 aromatic carbocycles. The number of rotatable bonds is 24. The first kappa shape index (κ1) is 48.5. The summed E-state index contributed by atoms with van der Waals surface area (Å²) in [6.45, 7) is 4.10. The first-order chi connectivity index (χ1) is 26.6. The zero-order valence-corrected chi connectivity index (χ0v) is 37.2. The maximum Gasteiger partial charge on any atom is 0.268 e. The van der Waals surface area contributed by atoms with Crippen LogP contribution >= 0.6 is 7.14 Å². The number of carbonyl (C=O) groups excluding carboxylic acids is 1. The highest BCUT2D eigenvalue weighted by Gasteiger charge is 2.39. The van der Waals surface area contributed by atoms with E-state index in [2.05, 4.69) is 16.7 Å². The molecule has 0 heterocycles. The highest BCUT2D eigenvalue weighted by molar-refractivity contribution is 7.93. The van der Waals surface area contributed by atoms with Crippen LogP contribution in [0, 0.1) is 20.8 Å². The number of benzene rings is 3. The van der Waals surface area contributed by atoms with E-state index in [1.807, 2.05) is 0 Å². The molecule has 0 atom stereocenters. The predicted molar refractivity (Wildman–Crippen MR) is 218 cm³/mol. The van der Waals surface area contributed by atoms with Gasteiger partial charge in [0.25, 0.3) is 40.5 Å². The molecule has 3 rings (SSSR count). The summed E-state index contributed by atoms with van der Waals surface area (Å²) in [7, 11) is -16.1. The molecule has 0 amide bonds. The third kappa shape index (κ3) is 13.1. The van der Waals surface area contributed by atoms with Crippen LogP contribution in [0.25, 0.3) is 0 Å². The molecule has 0 N–H and O–H groups in total. The Morgan fingerprint density at radius 2 is 0.789 bits per heavy atom. The highest BCUT2D eigenvalue weighted by Crippen LogP contribution is 2.49. The molecule has 0 aliphatic heterocycles. The van der Waals surface area contributed by atoms with Gasteiger partial charge in [0.15, 0.2) is 0 Å². The Balaban J connectivity index is 2.38. The lowest BCUT2D eigenvalue weighted by molar-refractivity contribution is 0.107. The lowest BCUT2D eigenvalue weighted by Crippen LogP contribution is -2.36. The molecule has 0 aromatic heterocycles. The van der Waals surface area contributed by atoms with Crippen LogP contribution in [0.5, 0.6) is 0 Å². The van der Waals surface area contributed by atoms with Gasteiger partial charge >= 0.3 is 0 Å². The van der Waals surface area contributed by atoms with Crippen molar-refractivity contribution < 1.29 is 59.8 Å². The van der Waals surface area contributed by atoms with Crippen LogP contribution in [0.2, 0.25) is 0 Å². The molecule has 0 saturated heterocycles. The Morgan fingerprint density at radius 3 is 1.05 bits per heavy atom. The predicted octanol–water partition coefficient (Wildman–Crippen LogP) is 2.27. The summed E-state index contributed by atoms with van der Waals surface area (Å²) in [5.74, 6) is -2.03. The highest BCUT2D eigenvalue weighted by atomic mass is 32.2. The standard InChI is InChI=1S/C36H51N2O14PS4/c1-28-33(26-37(18-22-54(41,42)49-4)19-23-55(43,44)50-5)29(2)35(36(39)53(40,31-14-10-8-11-15-31)32-16-12-9-13-17-32)30(3)34(28)27-38(20-24-56(45,46)51-6)21-25-57(47,48)52-7/h8-17H,18-27H2,1-7H3. The van der Waals surface area contributed by atoms with Crippen LogP contribution in [0.4, 0.5) is 0 Å². The molecule has 0 unspecified atom stereocenters. The van der Waals surface area contributed by atoms with Crippen molar-refractivity contribution in [2.45, 2.75) is 33.9 Å². The Bertz CT molecular complexity index is 2130. The molecule has 16 nitrogen and oxygen atoms in total. The van der Waals surface area contributed by atoms with Gasteiger partial charge in [0.2, 0.25) is 12.7 Å². The maximum atomic E-state index is 15.5. The summed E-state index contributed by atoms with van der Waals surface area (Å²) in [5.41, 5.74) is 1.70. The number of hydrogen-bond donors (Lipinski definition) is 0. The second-order valence-corrected chi connectivity index (χ2v) is 23.1. The van der Waals surface area contributed by atoms with Gasteiger partial charge in [-0.15, -0.1) is 0 Å². The summed E-state index contributed by atoms with van der Waals surface area (Å²) in [6.07, 6.45) is 0.